The Bertz CT molecular complexity index is 488. The van der Waals surface area contributed by atoms with Gasteiger partial charge in [0, 0.05) is 30.8 Å². The Balaban J connectivity index is 2.39. The first-order valence-electron chi connectivity index (χ1n) is 5.09. The van der Waals surface area contributed by atoms with Gasteiger partial charge in [-0.25, -0.2) is 9.97 Å². The maximum atomic E-state index is 4.48. The molecule has 0 saturated carbocycles. The van der Waals surface area contributed by atoms with Crippen molar-refractivity contribution in [3.8, 4) is 0 Å². The number of fused-ring (bicyclic) bond motifs is 1. The second-order valence-corrected chi connectivity index (χ2v) is 4.33. The zero-order valence-corrected chi connectivity index (χ0v) is 10.8. The summed E-state index contributed by atoms with van der Waals surface area (Å²) in [4.78, 5) is 15.0. The molecule has 2 rings (SSSR count). The van der Waals surface area contributed by atoms with Crippen molar-refractivity contribution >= 4 is 32.9 Å². The number of hydrogen-bond acceptors (Lipinski definition) is 4. The van der Waals surface area contributed by atoms with Crippen LogP contribution in [0.2, 0.25) is 0 Å². The summed E-state index contributed by atoms with van der Waals surface area (Å²) >= 11 is 3.46. The second-order valence-electron chi connectivity index (χ2n) is 3.68. The summed E-state index contributed by atoms with van der Waals surface area (Å²) in [5, 5.41) is 0.906. The molecule has 4 nitrogen and oxygen atoms in total. The van der Waals surface area contributed by atoms with Gasteiger partial charge < -0.3 is 4.90 Å². The average molecular weight is 281 g/mol. The first-order chi connectivity index (χ1) is 7.72. The van der Waals surface area contributed by atoms with Gasteiger partial charge in [-0.15, -0.1) is 0 Å². The molecule has 0 spiro atoms. The van der Waals surface area contributed by atoms with Gasteiger partial charge in [-0.3, -0.25) is 4.98 Å². The van der Waals surface area contributed by atoms with Gasteiger partial charge in [0.2, 0.25) is 0 Å². The molecule has 5 heteroatoms. The highest BCUT2D eigenvalue weighted by Gasteiger charge is 2.10. The van der Waals surface area contributed by atoms with Crippen LogP contribution in [0.4, 0.5) is 5.82 Å². The number of aromatic nitrogens is 3. The molecule has 0 fully saturated rings. The number of alkyl halides is 1. The van der Waals surface area contributed by atoms with Crippen molar-refractivity contribution in [2.45, 2.75) is 13.0 Å². The summed E-state index contributed by atoms with van der Waals surface area (Å²) in [6.45, 7) is 2.14. The minimum atomic E-state index is 0.390. The van der Waals surface area contributed by atoms with Crippen LogP contribution in [0, 0.1) is 0 Å². The van der Waals surface area contributed by atoms with Gasteiger partial charge in [-0.1, -0.05) is 15.9 Å². The predicted octanol–water partition coefficient (Wildman–Crippen LogP) is 2.24. The van der Waals surface area contributed by atoms with E-state index in [-0.39, 0.29) is 0 Å². The smallest absolute Gasteiger partial charge is 0.180 e. The van der Waals surface area contributed by atoms with Gasteiger partial charge in [0.05, 0.1) is 0 Å². The van der Waals surface area contributed by atoms with E-state index in [1.54, 1.807) is 12.4 Å². The van der Waals surface area contributed by atoms with Gasteiger partial charge >= 0.3 is 0 Å². The molecule has 2 aromatic heterocycles. The van der Waals surface area contributed by atoms with E-state index >= 15 is 0 Å². The number of rotatable bonds is 3. The molecule has 1 atom stereocenters. The fraction of sp³-hybridized carbons (Fsp3) is 0.364. The number of halogens is 1. The van der Waals surface area contributed by atoms with Crippen LogP contribution in [-0.2, 0) is 0 Å². The quantitative estimate of drug-likeness (QED) is 0.809. The van der Waals surface area contributed by atoms with Crippen LogP contribution in [0.15, 0.2) is 24.5 Å². The van der Waals surface area contributed by atoms with Crippen molar-refractivity contribution in [2.24, 2.45) is 0 Å². The molecule has 0 aliphatic carbocycles. The minimum absolute atomic E-state index is 0.390. The fourth-order valence-electron chi connectivity index (χ4n) is 1.37. The lowest BCUT2D eigenvalue weighted by Gasteiger charge is -2.24. The highest BCUT2D eigenvalue weighted by Crippen LogP contribution is 2.16. The Morgan fingerprint density at radius 1 is 1.31 bits per heavy atom. The summed E-state index contributed by atoms with van der Waals surface area (Å²) in [7, 11) is 2.02. The molecular formula is C11H13BrN4. The monoisotopic (exact) mass is 280 g/mol. The summed E-state index contributed by atoms with van der Waals surface area (Å²) < 4.78 is 0. The van der Waals surface area contributed by atoms with E-state index in [4.69, 9.17) is 0 Å². The van der Waals surface area contributed by atoms with Crippen LogP contribution in [0.5, 0.6) is 0 Å². The Morgan fingerprint density at radius 3 is 2.81 bits per heavy atom. The van der Waals surface area contributed by atoms with Crippen molar-refractivity contribution in [1.29, 1.82) is 0 Å². The lowest BCUT2D eigenvalue weighted by molar-refractivity contribution is 0.758. The van der Waals surface area contributed by atoms with E-state index in [1.165, 1.54) is 0 Å². The lowest BCUT2D eigenvalue weighted by atomic mass is 10.3. The Labute approximate surface area is 103 Å². The molecule has 0 aliphatic heterocycles. The van der Waals surface area contributed by atoms with E-state index in [1.807, 2.05) is 19.2 Å². The molecule has 0 bridgehead atoms. The first kappa shape index (κ1) is 11.3. The van der Waals surface area contributed by atoms with E-state index in [2.05, 4.69) is 42.7 Å². The average Bonchev–Trinajstić information content (AvgIpc) is 2.36. The maximum absolute atomic E-state index is 4.48. The molecular weight excluding hydrogens is 268 g/mol. The van der Waals surface area contributed by atoms with Gasteiger partial charge in [0.15, 0.2) is 5.65 Å². The van der Waals surface area contributed by atoms with Crippen molar-refractivity contribution in [3.63, 3.8) is 0 Å². The number of anilines is 1. The first-order valence-corrected chi connectivity index (χ1v) is 6.21. The molecule has 1 unspecified atom stereocenters. The third-order valence-electron chi connectivity index (χ3n) is 2.56. The number of hydrogen-bond donors (Lipinski definition) is 0. The molecule has 0 amide bonds. The summed E-state index contributed by atoms with van der Waals surface area (Å²) in [5.74, 6) is 0.917. The standard InChI is InChI=1S/C11H13BrN4/c1-8(7-12)16(2)10-4-3-9-11(15-10)14-6-5-13-9/h3-6,8H,7H2,1-2H3. The predicted molar refractivity (Wildman–Crippen MR) is 69.0 cm³/mol. The summed E-state index contributed by atoms with van der Waals surface area (Å²) in [5.41, 5.74) is 1.51. The molecule has 0 saturated heterocycles. The molecule has 0 aromatic carbocycles. The summed E-state index contributed by atoms with van der Waals surface area (Å²) in [6, 6.07) is 4.31. The zero-order chi connectivity index (χ0) is 11.5. The van der Waals surface area contributed by atoms with Gasteiger partial charge in [-0.2, -0.15) is 0 Å². The van der Waals surface area contributed by atoms with Crippen LogP contribution in [0.1, 0.15) is 6.92 Å². The molecule has 0 aliphatic rings. The van der Waals surface area contributed by atoms with Gasteiger partial charge in [-0.05, 0) is 19.1 Å². The molecule has 0 radical (unpaired) electrons. The van der Waals surface area contributed by atoms with Crippen LogP contribution in [0.3, 0.4) is 0 Å². The maximum Gasteiger partial charge on any atom is 0.180 e. The second kappa shape index (κ2) is 4.74. The van der Waals surface area contributed by atoms with Crippen molar-refractivity contribution in [3.05, 3.63) is 24.5 Å². The van der Waals surface area contributed by atoms with Crippen LogP contribution >= 0.6 is 15.9 Å². The molecule has 84 valence electrons. The Morgan fingerprint density at radius 2 is 2.06 bits per heavy atom. The van der Waals surface area contributed by atoms with Crippen molar-refractivity contribution in [1.82, 2.24) is 15.0 Å². The van der Waals surface area contributed by atoms with E-state index in [0.717, 1.165) is 16.7 Å². The number of nitrogens with zero attached hydrogens (tertiary/aromatic N) is 4. The van der Waals surface area contributed by atoms with Crippen LogP contribution in [-0.4, -0.2) is 33.4 Å². The van der Waals surface area contributed by atoms with Crippen LogP contribution in [0.25, 0.3) is 11.2 Å². The highest BCUT2D eigenvalue weighted by molar-refractivity contribution is 9.09. The third-order valence-corrected chi connectivity index (χ3v) is 3.50. The van der Waals surface area contributed by atoms with E-state index in [0.29, 0.717) is 11.7 Å². The fourth-order valence-corrected chi connectivity index (χ4v) is 1.80. The molecule has 2 heterocycles. The largest absolute Gasteiger partial charge is 0.356 e. The van der Waals surface area contributed by atoms with Crippen molar-refractivity contribution in [2.75, 3.05) is 17.3 Å². The molecule has 16 heavy (non-hydrogen) atoms. The molecule has 2 aromatic rings. The highest BCUT2D eigenvalue weighted by atomic mass is 79.9. The SMILES string of the molecule is CC(CBr)N(C)c1ccc2nccnc2n1. The Hall–Kier alpha value is -1.23. The van der Waals surface area contributed by atoms with Gasteiger partial charge in [0.1, 0.15) is 11.3 Å². The topological polar surface area (TPSA) is 41.9 Å². The van der Waals surface area contributed by atoms with Crippen LogP contribution < -0.4 is 4.90 Å². The number of pyridine rings is 1. The van der Waals surface area contributed by atoms with E-state index < -0.39 is 0 Å². The normalized spacial score (nSPS) is 12.7. The molecule has 0 N–H and O–H groups in total. The third kappa shape index (κ3) is 2.14. The van der Waals surface area contributed by atoms with Gasteiger partial charge in [0.25, 0.3) is 0 Å². The summed E-state index contributed by atoms with van der Waals surface area (Å²) in [6.07, 6.45) is 3.33. The zero-order valence-electron chi connectivity index (χ0n) is 9.26. The van der Waals surface area contributed by atoms with Crippen molar-refractivity contribution < 1.29 is 0 Å². The Kier molecular flexibility index (Phi) is 3.33. The lowest BCUT2D eigenvalue weighted by Crippen LogP contribution is -2.30. The minimum Gasteiger partial charge on any atom is -0.356 e. The van der Waals surface area contributed by atoms with E-state index in [9.17, 15) is 0 Å².